The lowest BCUT2D eigenvalue weighted by molar-refractivity contribution is -0.129. The Hall–Kier alpha value is -1.32. The number of likely N-dealkylation sites (tertiary alicyclic amines) is 1. The van der Waals surface area contributed by atoms with Gasteiger partial charge in [0, 0.05) is 39.2 Å². The summed E-state index contributed by atoms with van der Waals surface area (Å²) in [6.45, 7) is 3.38. The molecule has 0 spiro atoms. The molecule has 0 aromatic carbocycles. The van der Waals surface area contributed by atoms with Gasteiger partial charge in [0.05, 0.1) is 5.69 Å². The number of amides is 1. The molecule has 2 rings (SSSR count). The molecule has 2 heterocycles. The molecule has 4 nitrogen and oxygen atoms in total. The van der Waals surface area contributed by atoms with E-state index >= 15 is 0 Å². The predicted octanol–water partition coefficient (Wildman–Crippen LogP) is 1.15. The highest BCUT2D eigenvalue weighted by molar-refractivity contribution is 5.73. The summed E-state index contributed by atoms with van der Waals surface area (Å²) in [7, 11) is 1.94. The Morgan fingerprint density at radius 2 is 2.13 bits per heavy atom. The second-order valence-electron chi connectivity index (χ2n) is 4.19. The largest absolute Gasteiger partial charge is 0.343 e. The summed E-state index contributed by atoms with van der Waals surface area (Å²) in [4.78, 5) is 13.1. The van der Waals surface area contributed by atoms with Crippen LogP contribution in [-0.2, 0) is 11.8 Å². The first-order chi connectivity index (χ1) is 7.16. The van der Waals surface area contributed by atoms with Gasteiger partial charge in [0.15, 0.2) is 0 Å². The Kier molecular flexibility index (Phi) is 2.75. The number of carbonyl (C=O) groups excluding carboxylic acids is 1. The molecule has 1 aliphatic heterocycles. The first kappa shape index (κ1) is 10.2. The van der Waals surface area contributed by atoms with E-state index in [1.54, 1.807) is 6.92 Å². The maximum absolute atomic E-state index is 11.2. The van der Waals surface area contributed by atoms with Gasteiger partial charge in [0.2, 0.25) is 5.91 Å². The molecule has 0 saturated carbocycles. The van der Waals surface area contributed by atoms with Crippen molar-refractivity contribution in [2.24, 2.45) is 7.05 Å². The quantitative estimate of drug-likeness (QED) is 0.692. The van der Waals surface area contributed by atoms with Crippen LogP contribution in [0.15, 0.2) is 12.3 Å². The van der Waals surface area contributed by atoms with Crippen LogP contribution in [0.25, 0.3) is 0 Å². The van der Waals surface area contributed by atoms with Crippen LogP contribution in [0, 0.1) is 0 Å². The van der Waals surface area contributed by atoms with Crippen LogP contribution >= 0.6 is 0 Å². The highest BCUT2D eigenvalue weighted by Gasteiger charge is 2.23. The van der Waals surface area contributed by atoms with Gasteiger partial charge in [-0.2, -0.15) is 5.10 Å². The monoisotopic (exact) mass is 207 g/mol. The number of rotatable bonds is 1. The molecule has 0 bridgehead atoms. The van der Waals surface area contributed by atoms with Crippen LogP contribution in [0.1, 0.15) is 31.4 Å². The lowest BCUT2D eigenvalue weighted by Gasteiger charge is -2.30. The molecule has 0 N–H and O–H groups in total. The molecular weight excluding hydrogens is 190 g/mol. The first-order valence-corrected chi connectivity index (χ1v) is 5.42. The van der Waals surface area contributed by atoms with E-state index in [1.165, 1.54) is 5.69 Å². The lowest BCUT2D eigenvalue weighted by Crippen LogP contribution is -2.36. The highest BCUT2D eigenvalue weighted by atomic mass is 16.2. The second kappa shape index (κ2) is 4.04. The number of piperidine rings is 1. The van der Waals surface area contributed by atoms with Crippen molar-refractivity contribution < 1.29 is 4.79 Å². The fourth-order valence-electron chi connectivity index (χ4n) is 2.14. The minimum atomic E-state index is 0.189. The van der Waals surface area contributed by atoms with Crippen molar-refractivity contribution in [3.8, 4) is 0 Å². The summed E-state index contributed by atoms with van der Waals surface area (Å²) < 4.78 is 1.84. The van der Waals surface area contributed by atoms with E-state index in [2.05, 4.69) is 11.2 Å². The minimum absolute atomic E-state index is 0.189. The van der Waals surface area contributed by atoms with Crippen LogP contribution in [0.3, 0.4) is 0 Å². The Morgan fingerprint density at radius 3 is 2.60 bits per heavy atom. The highest BCUT2D eigenvalue weighted by Crippen LogP contribution is 2.26. The van der Waals surface area contributed by atoms with Crippen molar-refractivity contribution in [3.63, 3.8) is 0 Å². The summed E-state index contributed by atoms with van der Waals surface area (Å²) in [5.74, 6) is 0.719. The van der Waals surface area contributed by atoms with Gasteiger partial charge < -0.3 is 4.90 Å². The molecular formula is C11H17N3O. The SMILES string of the molecule is CC(=O)N1CCC(c2ccn(C)n2)CC1. The van der Waals surface area contributed by atoms with E-state index in [-0.39, 0.29) is 5.91 Å². The fourth-order valence-corrected chi connectivity index (χ4v) is 2.14. The van der Waals surface area contributed by atoms with Crippen molar-refractivity contribution in [1.82, 2.24) is 14.7 Å². The Morgan fingerprint density at radius 1 is 1.47 bits per heavy atom. The smallest absolute Gasteiger partial charge is 0.219 e. The summed E-state index contributed by atoms with van der Waals surface area (Å²) in [6.07, 6.45) is 4.06. The van der Waals surface area contributed by atoms with E-state index < -0.39 is 0 Å². The standard InChI is InChI=1S/C11H17N3O/c1-9(15)14-7-3-10(4-8-14)11-5-6-13(2)12-11/h5-6,10H,3-4,7-8H2,1-2H3. The molecule has 1 aromatic heterocycles. The molecule has 15 heavy (non-hydrogen) atoms. The van der Waals surface area contributed by atoms with Crippen molar-refractivity contribution in [1.29, 1.82) is 0 Å². The molecule has 1 fully saturated rings. The molecule has 0 unspecified atom stereocenters. The zero-order valence-electron chi connectivity index (χ0n) is 9.31. The molecule has 1 aromatic rings. The van der Waals surface area contributed by atoms with Gasteiger partial charge in [-0.3, -0.25) is 9.48 Å². The maximum Gasteiger partial charge on any atom is 0.219 e. The number of hydrogen-bond donors (Lipinski definition) is 0. The summed E-state index contributed by atoms with van der Waals surface area (Å²) in [5.41, 5.74) is 1.17. The van der Waals surface area contributed by atoms with Gasteiger partial charge in [0.1, 0.15) is 0 Å². The van der Waals surface area contributed by atoms with Gasteiger partial charge >= 0.3 is 0 Å². The molecule has 0 atom stereocenters. The minimum Gasteiger partial charge on any atom is -0.343 e. The van der Waals surface area contributed by atoms with Crippen molar-refractivity contribution in [3.05, 3.63) is 18.0 Å². The zero-order valence-corrected chi connectivity index (χ0v) is 9.31. The van der Waals surface area contributed by atoms with Crippen LogP contribution in [-0.4, -0.2) is 33.7 Å². The van der Waals surface area contributed by atoms with Crippen LogP contribution < -0.4 is 0 Å². The van der Waals surface area contributed by atoms with Crippen LogP contribution in [0.5, 0.6) is 0 Å². The van der Waals surface area contributed by atoms with E-state index in [0.29, 0.717) is 5.92 Å². The average molecular weight is 207 g/mol. The number of nitrogens with zero attached hydrogens (tertiary/aromatic N) is 3. The number of aryl methyl sites for hydroxylation is 1. The van der Waals surface area contributed by atoms with E-state index in [4.69, 9.17) is 0 Å². The van der Waals surface area contributed by atoms with Crippen LogP contribution in [0.2, 0.25) is 0 Å². The fraction of sp³-hybridized carbons (Fsp3) is 0.636. The predicted molar refractivity (Wildman–Crippen MR) is 57.4 cm³/mol. The van der Waals surface area contributed by atoms with E-state index in [1.807, 2.05) is 22.8 Å². The molecule has 82 valence electrons. The van der Waals surface area contributed by atoms with Gasteiger partial charge in [-0.1, -0.05) is 0 Å². The Balaban J connectivity index is 1.96. The van der Waals surface area contributed by atoms with Gasteiger partial charge in [0.25, 0.3) is 0 Å². The van der Waals surface area contributed by atoms with Crippen LogP contribution in [0.4, 0.5) is 0 Å². The molecule has 0 radical (unpaired) electrons. The third-order valence-electron chi connectivity index (χ3n) is 3.09. The molecule has 1 aliphatic rings. The first-order valence-electron chi connectivity index (χ1n) is 5.42. The van der Waals surface area contributed by atoms with Crippen molar-refractivity contribution in [2.45, 2.75) is 25.7 Å². The second-order valence-corrected chi connectivity index (χ2v) is 4.19. The van der Waals surface area contributed by atoms with Gasteiger partial charge in [-0.15, -0.1) is 0 Å². The lowest BCUT2D eigenvalue weighted by atomic mass is 9.94. The Labute approximate surface area is 89.9 Å². The molecule has 4 heteroatoms. The number of carbonyl (C=O) groups is 1. The van der Waals surface area contributed by atoms with E-state index in [9.17, 15) is 4.79 Å². The third kappa shape index (κ3) is 2.19. The van der Waals surface area contributed by atoms with Gasteiger partial charge in [-0.05, 0) is 18.9 Å². The maximum atomic E-state index is 11.2. The average Bonchev–Trinajstić information content (AvgIpc) is 2.65. The van der Waals surface area contributed by atoms with E-state index in [0.717, 1.165) is 25.9 Å². The zero-order chi connectivity index (χ0) is 10.8. The number of aromatic nitrogens is 2. The number of hydrogen-bond acceptors (Lipinski definition) is 2. The Bertz CT molecular complexity index is 350. The summed E-state index contributed by atoms with van der Waals surface area (Å²) in [5, 5.41) is 4.42. The molecule has 1 saturated heterocycles. The molecule has 1 amide bonds. The summed E-state index contributed by atoms with van der Waals surface area (Å²) >= 11 is 0. The third-order valence-corrected chi connectivity index (χ3v) is 3.09. The van der Waals surface area contributed by atoms with Gasteiger partial charge in [-0.25, -0.2) is 0 Å². The summed E-state index contributed by atoms with van der Waals surface area (Å²) in [6, 6.07) is 2.08. The topological polar surface area (TPSA) is 38.1 Å². The normalized spacial score (nSPS) is 18.1. The van der Waals surface area contributed by atoms with Crippen molar-refractivity contribution in [2.75, 3.05) is 13.1 Å². The molecule has 0 aliphatic carbocycles. The van der Waals surface area contributed by atoms with Crippen molar-refractivity contribution >= 4 is 5.91 Å².